The Morgan fingerprint density at radius 2 is 1.77 bits per heavy atom. The minimum Gasteiger partial charge on any atom is -0.491 e. The Labute approximate surface area is 202 Å². The van der Waals surface area contributed by atoms with E-state index < -0.39 is 5.41 Å². The first-order valence-electron chi connectivity index (χ1n) is 11.5. The van der Waals surface area contributed by atoms with E-state index in [4.69, 9.17) is 18.9 Å². The minimum absolute atomic E-state index is 0.0918. The molecule has 178 valence electrons. The Kier molecular flexibility index (Phi) is 5.11. The fourth-order valence-corrected chi connectivity index (χ4v) is 5.13. The van der Waals surface area contributed by atoms with Crippen LogP contribution in [0.25, 0.3) is 0 Å². The summed E-state index contributed by atoms with van der Waals surface area (Å²) >= 11 is 0. The van der Waals surface area contributed by atoms with Gasteiger partial charge in [0.15, 0.2) is 11.5 Å². The highest BCUT2D eigenvalue weighted by Gasteiger charge is 2.57. The van der Waals surface area contributed by atoms with Gasteiger partial charge in [-0.25, -0.2) is 0 Å². The number of para-hydroxylation sites is 1. The van der Waals surface area contributed by atoms with Crippen LogP contribution in [0.4, 0.5) is 5.69 Å². The third-order valence-corrected chi connectivity index (χ3v) is 6.83. The number of benzene rings is 3. The van der Waals surface area contributed by atoms with E-state index in [0.717, 1.165) is 22.4 Å². The molecule has 8 nitrogen and oxygen atoms in total. The van der Waals surface area contributed by atoms with Gasteiger partial charge < -0.3 is 29.2 Å². The van der Waals surface area contributed by atoms with Gasteiger partial charge in [-0.3, -0.25) is 9.59 Å². The molecule has 0 fully saturated rings. The van der Waals surface area contributed by atoms with Crippen LogP contribution in [-0.4, -0.2) is 45.5 Å². The Hall–Kier alpha value is -4.04. The Balaban J connectivity index is 1.39. The minimum atomic E-state index is -0.984. The highest BCUT2D eigenvalue weighted by Crippen LogP contribution is 2.55. The van der Waals surface area contributed by atoms with Crippen molar-refractivity contribution in [2.75, 3.05) is 38.6 Å². The van der Waals surface area contributed by atoms with Crippen LogP contribution in [0.2, 0.25) is 0 Å². The summed E-state index contributed by atoms with van der Waals surface area (Å²) in [5.74, 6) is 1.55. The standard InChI is InChI=1S/C27H24N2O6/c1-32-11-10-28-25(30)18-7-3-2-6-17(18)14-29-21-9-5-4-8-19(21)27(26(29)31)15-33-22-13-24-23(12-20(22)27)34-16-35-24/h2-9,12-13H,10-11,14-16H2,1H3,(H,28,30). The van der Waals surface area contributed by atoms with Crippen LogP contribution >= 0.6 is 0 Å². The van der Waals surface area contributed by atoms with Crippen molar-refractivity contribution in [2.45, 2.75) is 12.0 Å². The smallest absolute Gasteiger partial charge is 0.251 e. The van der Waals surface area contributed by atoms with Crippen molar-refractivity contribution in [1.82, 2.24) is 5.32 Å². The molecule has 0 aliphatic carbocycles. The number of hydrogen-bond donors (Lipinski definition) is 1. The molecule has 0 bridgehead atoms. The number of fused-ring (bicyclic) bond motifs is 5. The first-order chi connectivity index (χ1) is 17.1. The summed E-state index contributed by atoms with van der Waals surface area (Å²) in [7, 11) is 1.59. The van der Waals surface area contributed by atoms with Gasteiger partial charge >= 0.3 is 0 Å². The molecule has 2 amide bonds. The van der Waals surface area contributed by atoms with Crippen molar-refractivity contribution >= 4 is 17.5 Å². The maximum absolute atomic E-state index is 14.2. The van der Waals surface area contributed by atoms with Gasteiger partial charge in [0.05, 0.1) is 13.2 Å². The van der Waals surface area contributed by atoms with Gasteiger partial charge in [-0.2, -0.15) is 0 Å². The lowest BCUT2D eigenvalue weighted by molar-refractivity contribution is -0.122. The van der Waals surface area contributed by atoms with E-state index in [1.165, 1.54) is 0 Å². The summed E-state index contributed by atoms with van der Waals surface area (Å²) < 4.78 is 22.2. The van der Waals surface area contributed by atoms with Crippen LogP contribution in [-0.2, 0) is 21.5 Å². The second-order valence-corrected chi connectivity index (χ2v) is 8.71. The molecule has 1 spiro atoms. The molecule has 3 aromatic carbocycles. The lowest BCUT2D eigenvalue weighted by Gasteiger charge is -2.24. The topological polar surface area (TPSA) is 86.3 Å². The molecule has 3 aromatic rings. The van der Waals surface area contributed by atoms with Crippen LogP contribution in [0.3, 0.4) is 0 Å². The molecule has 1 N–H and O–H groups in total. The number of nitrogens with zero attached hydrogens (tertiary/aromatic N) is 1. The van der Waals surface area contributed by atoms with Crippen LogP contribution < -0.4 is 24.4 Å². The zero-order valence-corrected chi connectivity index (χ0v) is 19.2. The van der Waals surface area contributed by atoms with E-state index in [0.29, 0.717) is 36.0 Å². The average molecular weight is 472 g/mol. The van der Waals surface area contributed by atoms with Crippen molar-refractivity contribution in [3.63, 3.8) is 0 Å². The molecular formula is C27H24N2O6. The van der Waals surface area contributed by atoms with E-state index in [1.807, 2.05) is 48.5 Å². The predicted molar refractivity (Wildman–Crippen MR) is 127 cm³/mol. The van der Waals surface area contributed by atoms with Crippen molar-refractivity contribution in [1.29, 1.82) is 0 Å². The first kappa shape index (κ1) is 21.5. The lowest BCUT2D eigenvalue weighted by Crippen LogP contribution is -2.42. The highest BCUT2D eigenvalue weighted by atomic mass is 16.7. The van der Waals surface area contributed by atoms with Gasteiger partial charge in [-0.1, -0.05) is 36.4 Å². The fourth-order valence-electron chi connectivity index (χ4n) is 5.13. The summed E-state index contributed by atoms with van der Waals surface area (Å²) in [6.45, 7) is 1.42. The van der Waals surface area contributed by atoms with Crippen LogP contribution in [0, 0.1) is 0 Å². The van der Waals surface area contributed by atoms with Crippen molar-refractivity contribution in [2.24, 2.45) is 0 Å². The van der Waals surface area contributed by atoms with Gasteiger partial charge in [0, 0.05) is 36.5 Å². The first-order valence-corrected chi connectivity index (χ1v) is 11.5. The van der Waals surface area contributed by atoms with Gasteiger partial charge in [-0.15, -0.1) is 0 Å². The van der Waals surface area contributed by atoms with E-state index in [1.54, 1.807) is 24.1 Å². The number of methoxy groups -OCH3 is 1. The molecule has 3 aliphatic rings. The number of ether oxygens (including phenoxy) is 4. The Bertz CT molecular complexity index is 1340. The van der Waals surface area contributed by atoms with Crippen LogP contribution in [0.15, 0.2) is 60.7 Å². The summed E-state index contributed by atoms with van der Waals surface area (Å²) in [4.78, 5) is 28.8. The molecule has 1 atom stereocenters. The largest absolute Gasteiger partial charge is 0.491 e. The summed E-state index contributed by atoms with van der Waals surface area (Å²) in [5, 5.41) is 2.87. The molecule has 35 heavy (non-hydrogen) atoms. The SMILES string of the molecule is COCCNC(=O)c1ccccc1CN1C(=O)C2(COc3cc4c(cc32)OCO4)c2ccccc21. The van der Waals surface area contributed by atoms with Gasteiger partial charge in [0.2, 0.25) is 12.7 Å². The number of hydrogen-bond acceptors (Lipinski definition) is 6. The zero-order valence-electron chi connectivity index (χ0n) is 19.2. The molecule has 8 heteroatoms. The zero-order chi connectivity index (χ0) is 24.0. The number of amides is 2. The molecule has 0 saturated carbocycles. The average Bonchev–Trinajstić information content (AvgIpc) is 3.56. The molecule has 0 aromatic heterocycles. The molecule has 3 aliphatic heterocycles. The number of carbonyl (C=O) groups is 2. The summed E-state index contributed by atoms with van der Waals surface area (Å²) in [6.07, 6.45) is 0. The third-order valence-electron chi connectivity index (χ3n) is 6.83. The molecular weight excluding hydrogens is 448 g/mol. The molecule has 1 unspecified atom stereocenters. The van der Waals surface area contributed by atoms with Crippen molar-refractivity contribution in [3.05, 3.63) is 82.9 Å². The van der Waals surface area contributed by atoms with Gasteiger partial charge in [-0.05, 0) is 29.3 Å². The Morgan fingerprint density at radius 3 is 2.63 bits per heavy atom. The van der Waals surface area contributed by atoms with Crippen LogP contribution in [0.5, 0.6) is 17.2 Å². The van der Waals surface area contributed by atoms with E-state index in [-0.39, 0.29) is 31.8 Å². The lowest BCUT2D eigenvalue weighted by atomic mass is 9.77. The monoisotopic (exact) mass is 472 g/mol. The molecule has 6 rings (SSSR count). The van der Waals surface area contributed by atoms with Gasteiger partial charge in [0.25, 0.3) is 5.91 Å². The second kappa shape index (κ2) is 8.32. The Morgan fingerprint density at radius 1 is 1.00 bits per heavy atom. The third kappa shape index (κ3) is 3.24. The quantitative estimate of drug-likeness (QED) is 0.555. The van der Waals surface area contributed by atoms with Gasteiger partial charge in [0.1, 0.15) is 17.8 Å². The predicted octanol–water partition coefficient (Wildman–Crippen LogP) is 3.02. The van der Waals surface area contributed by atoms with E-state index in [9.17, 15) is 9.59 Å². The van der Waals surface area contributed by atoms with Crippen molar-refractivity contribution < 1.29 is 28.5 Å². The summed E-state index contributed by atoms with van der Waals surface area (Å²) in [5.41, 5.74) is 2.76. The molecule has 3 heterocycles. The maximum Gasteiger partial charge on any atom is 0.251 e. The molecule has 0 radical (unpaired) electrons. The normalized spacial score (nSPS) is 19.0. The highest BCUT2D eigenvalue weighted by molar-refractivity contribution is 6.11. The van der Waals surface area contributed by atoms with E-state index in [2.05, 4.69) is 5.32 Å². The number of carbonyl (C=O) groups excluding carboxylic acids is 2. The van der Waals surface area contributed by atoms with Crippen LogP contribution in [0.1, 0.15) is 27.0 Å². The summed E-state index contributed by atoms with van der Waals surface area (Å²) in [6, 6.07) is 18.8. The molecule has 0 saturated heterocycles. The number of nitrogens with one attached hydrogen (secondary N) is 1. The maximum atomic E-state index is 14.2. The second-order valence-electron chi connectivity index (χ2n) is 8.71. The number of anilines is 1. The van der Waals surface area contributed by atoms with Crippen molar-refractivity contribution in [3.8, 4) is 17.2 Å². The number of rotatable bonds is 6. The fraction of sp³-hybridized carbons (Fsp3) is 0.259. The van der Waals surface area contributed by atoms with E-state index >= 15 is 0 Å².